The number of benzene rings is 1. The van der Waals surface area contributed by atoms with Crippen LogP contribution in [0, 0.1) is 19.3 Å². The van der Waals surface area contributed by atoms with Gasteiger partial charge in [0.15, 0.2) is 0 Å². The number of azide groups is 1. The number of hydrogen-bond acceptors (Lipinski definition) is 3. The molecule has 0 spiro atoms. The molecule has 1 aliphatic rings. The lowest BCUT2D eigenvalue weighted by molar-refractivity contribution is 0.326. The van der Waals surface area contributed by atoms with Gasteiger partial charge in [-0.2, -0.15) is 4.31 Å². The summed E-state index contributed by atoms with van der Waals surface area (Å²) < 4.78 is 27.0. The monoisotopic (exact) mass is 318 g/mol. The fourth-order valence-corrected chi connectivity index (χ4v) is 4.37. The second-order valence-electron chi connectivity index (χ2n) is 5.34. The number of sulfonamides is 1. The highest BCUT2D eigenvalue weighted by atomic mass is 32.2. The second kappa shape index (κ2) is 6.84. The van der Waals surface area contributed by atoms with E-state index in [9.17, 15) is 8.42 Å². The van der Waals surface area contributed by atoms with Crippen LogP contribution < -0.4 is 0 Å². The highest BCUT2D eigenvalue weighted by Crippen LogP contribution is 2.31. The van der Waals surface area contributed by atoms with E-state index in [1.807, 2.05) is 6.92 Å². The van der Waals surface area contributed by atoms with Crippen LogP contribution in [0.1, 0.15) is 24.8 Å². The first-order valence-corrected chi connectivity index (χ1v) is 8.51. The SMILES string of the molecule is C#CCN([C@@H]1CCC[C@H]1N=[N+]=[N-])S(=O)(=O)c1ccc(C)cc1. The Labute approximate surface area is 130 Å². The molecule has 6 nitrogen and oxygen atoms in total. The predicted octanol–water partition coefficient (Wildman–Crippen LogP) is 2.85. The molecule has 116 valence electrons. The molecule has 1 fully saturated rings. The van der Waals surface area contributed by atoms with Crippen molar-refractivity contribution in [1.29, 1.82) is 0 Å². The molecule has 0 amide bonds. The molecule has 0 unspecified atom stereocenters. The van der Waals surface area contributed by atoms with Gasteiger partial charge >= 0.3 is 0 Å². The van der Waals surface area contributed by atoms with Crippen molar-refractivity contribution in [2.45, 2.75) is 43.2 Å². The molecule has 1 aromatic carbocycles. The van der Waals surface area contributed by atoms with Crippen molar-refractivity contribution in [3.8, 4) is 12.3 Å². The minimum absolute atomic E-state index is 0.0294. The lowest BCUT2D eigenvalue weighted by Gasteiger charge is -2.29. The van der Waals surface area contributed by atoms with E-state index in [0.29, 0.717) is 12.8 Å². The van der Waals surface area contributed by atoms with Gasteiger partial charge in [0.1, 0.15) is 0 Å². The molecule has 1 saturated carbocycles. The van der Waals surface area contributed by atoms with Crippen molar-refractivity contribution in [1.82, 2.24) is 4.31 Å². The molecule has 2 atom stereocenters. The quantitative estimate of drug-likeness (QED) is 0.362. The van der Waals surface area contributed by atoms with Crippen LogP contribution in [0.3, 0.4) is 0 Å². The van der Waals surface area contributed by atoms with E-state index >= 15 is 0 Å². The average molecular weight is 318 g/mol. The van der Waals surface area contributed by atoms with E-state index in [-0.39, 0.29) is 23.5 Å². The zero-order chi connectivity index (χ0) is 16.2. The maximum absolute atomic E-state index is 12.9. The Bertz CT molecular complexity index is 715. The number of aryl methyl sites for hydroxylation is 1. The summed E-state index contributed by atoms with van der Waals surface area (Å²) in [6.07, 6.45) is 7.50. The third kappa shape index (κ3) is 3.25. The van der Waals surface area contributed by atoms with Crippen molar-refractivity contribution in [2.75, 3.05) is 6.54 Å². The first kappa shape index (κ1) is 16.4. The van der Waals surface area contributed by atoms with Crippen molar-refractivity contribution >= 4 is 10.0 Å². The van der Waals surface area contributed by atoms with Gasteiger partial charge in [-0.25, -0.2) is 8.42 Å². The smallest absolute Gasteiger partial charge is 0.207 e. The molecule has 22 heavy (non-hydrogen) atoms. The van der Waals surface area contributed by atoms with Crippen LogP contribution in [0.2, 0.25) is 0 Å². The van der Waals surface area contributed by atoms with Crippen LogP contribution in [0.15, 0.2) is 34.3 Å². The summed E-state index contributed by atoms with van der Waals surface area (Å²) in [7, 11) is -3.71. The Kier molecular flexibility index (Phi) is 5.09. The third-order valence-corrected chi connectivity index (χ3v) is 5.77. The third-order valence-electron chi connectivity index (χ3n) is 3.89. The minimum Gasteiger partial charge on any atom is -0.207 e. The molecular weight excluding hydrogens is 300 g/mol. The molecule has 0 heterocycles. The molecule has 0 bridgehead atoms. The Morgan fingerprint density at radius 1 is 1.41 bits per heavy atom. The Balaban J connectivity index is 2.40. The maximum Gasteiger partial charge on any atom is 0.244 e. The second-order valence-corrected chi connectivity index (χ2v) is 7.23. The van der Waals surface area contributed by atoms with E-state index in [0.717, 1.165) is 12.0 Å². The van der Waals surface area contributed by atoms with Crippen LogP contribution in [-0.2, 0) is 10.0 Å². The van der Waals surface area contributed by atoms with E-state index in [1.165, 1.54) is 4.31 Å². The fourth-order valence-electron chi connectivity index (χ4n) is 2.77. The first-order valence-electron chi connectivity index (χ1n) is 7.07. The number of nitrogens with zero attached hydrogens (tertiary/aromatic N) is 4. The summed E-state index contributed by atoms with van der Waals surface area (Å²) in [6, 6.07) is 5.91. The van der Waals surface area contributed by atoms with E-state index in [2.05, 4.69) is 15.9 Å². The predicted molar refractivity (Wildman–Crippen MR) is 84.5 cm³/mol. The molecule has 0 saturated heterocycles. The van der Waals surface area contributed by atoms with Gasteiger partial charge in [-0.3, -0.25) is 0 Å². The van der Waals surface area contributed by atoms with Gasteiger partial charge in [0.2, 0.25) is 10.0 Å². The van der Waals surface area contributed by atoms with Gasteiger partial charge in [-0.15, -0.1) is 6.42 Å². The highest BCUT2D eigenvalue weighted by Gasteiger charge is 2.38. The largest absolute Gasteiger partial charge is 0.244 e. The number of terminal acetylenes is 1. The summed E-state index contributed by atoms with van der Waals surface area (Å²) >= 11 is 0. The molecule has 0 aliphatic heterocycles. The van der Waals surface area contributed by atoms with Crippen molar-refractivity contribution in [3.63, 3.8) is 0 Å². The van der Waals surface area contributed by atoms with Crippen LogP contribution in [0.4, 0.5) is 0 Å². The van der Waals surface area contributed by atoms with Crippen molar-refractivity contribution in [3.05, 3.63) is 40.3 Å². The molecule has 0 aromatic heterocycles. The van der Waals surface area contributed by atoms with Crippen LogP contribution >= 0.6 is 0 Å². The van der Waals surface area contributed by atoms with Gasteiger partial charge in [-0.05, 0) is 37.4 Å². The summed E-state index contributed by atoms with van der Waals surface area (Å²) in [5, 5.41) is 3.74. The van der Waals surface area contributed by atoms with E-state index in [1.54, 1.807) is 24.3 Å². The summed E-state index contributed by atoms with van der Waals surface area (Å²) in [4.78, 5) is 3.04. The van der Waals surface area contributed by atoms with Crippen LogP contribution in [0.5, 0.6) is 0 Å². The lowest BCUT2D eigenvalue weighted by Crippen LogP contribution is -2.43. The van der Waals surface area contributed by atoms with Gasteiger partial charge in [0.25, 0.3) is 0 Å². The fraction of sp³-hybridized carbons (Fsp3) is 0.467. The minimum atomic E-state index is -3.71. The number of rotatable bonds is 5. The highest BCUT2D eigenvalue weighted by molar-refractivity contribution is 7.89. The molecule has 0 radical (unpaired) electrons. The molecule has 0 N–H and O–H groups in total. The van der Waals surface area contributed by atoms with Crippen LogP contribution in [0.25, 0.3) is 10.4 Å². The van der Waals surface area contributed by atoms with Crippen molar-refractivity contribution < 1.29 is 8.42 Å². The summed E-state index contributed by atoms with van der Waals surface area (Å²) in [5.74, 6) is 2.41. The average Bonchev–Trinajstić information content (AvgIpc) is 2.93. The normalized spacial score (nSPS) is 21.3. The maximum atomic E-state index is 12.9. The topological polar surface area (TPSA) is 86.1 Å². The molecular formula is C15H18N4O2S. The van der Waals surface area contributed by atoms with Crippen LogP contribution in [-0.4, -0.2) is 31.4 Å². The van der Waals surface area contributed by atoms with Gasteiger partial charge in [0.05, 0.1) is 17.5 Å². The summed E-state index contributed by atoms with van der Waals surface area (Å²) in [6.45, 7) is 1.86. The number of hydrogen-bond donors (Lipinski definition) is 0. The Morgan fingerprint density at radius 2 is 2.09 bits per heavy atom. The molecule has 1 aliphatic carbocycles. The zero-order valence-corrected chi connectivity index (χ0v) is 13.2. The molecule has 7 heteroatoms. The zero-order valence-electron chi connectivity index (χ0n) is 12.4. The Hall–Kier alpha value is -2.00. The van der Waals surface area contributed by atoms with Gasteiger partial charge < -0.3 is 0 Å². The Morgan fingerprint density at radius 3 is 2.68 bits per heavy atom. The van der Waals surface area contributed by atoms with Crippen molar-refractivity contribution in [2.24, 2.45) is 5.11 Å². The van der Waals surface area contributed by atoms with Gasteiger partial charge in [-0.1, -0.05) is 35.2 Å². The molecule has 2 rings (SSSR count). The van der Waals surface area contributed by atoms with E-state index < -0.39 is 10.0 Å². The molecule has 1 aromatic rings. The first-order chi connectivity index (χ1) is 10.5. The van der Waals surface area contributed by atoms with E-state index in [4.69, 9.17) is 12.0 Å². The lowest BCUT2D eigenvalue weighted by atomic mass is 10.2. The summed E-state index contributed by atoms with van der Waals surface area (Å²) in [5.41, 5.74) is 9.64. The standard InChI is InChI=1S/C15H18N4O2S/c1-3-11-19(15-6-4-5-14(15)17-18-16)22(20,21)13-9-7-12(2)8-10-13/h1,7-10,14-15H,4-6,11H2,2H3/t14-,15-/m1/s1. The van der Waals surface area contributed by atoms with Gasteiger partial charge in [0, 0.05) is 11.0 Å².